The molecule has 0 aliphatic carbocycles. The first-order valence-corrected chi connectivity index (χ1v) is 5.18. The van der Waals surface area contributed by atoms with Crippen LogP contribution in [0.15, 0.2) is 12.1 Å². The minimum absolute atomic E-state index is 0.0227. The highest BCUT2D eigenvalue weighted by atomic mass is 32.1. The van der Waals surface area contributed by atoms with Crippen molar-refractivity contribution in [3.63, 3.8) is 0 Å². The molecule has 1 aromatic heterocycles. The smallest absolute Gasteiger partial charge is 0.263 e. The predicted octanol–water partition coefficient (Wildman–Crippen LogP) is 1.68. The van der Waals surface area contributed by atoms with Crippen LogP contribution >= 0.6 is 11.3 Å². The van der Waals surface area contributed by atoms with Crippen LogP contribution in [0.1, 0.15) is 28.4 Å². The van der Waals surface area contributed by atoms with Gasteiger partial charge >= 0.3 is 0 Å². The fraction of sp³-hybridized carbons (Fsp3) is 0.500. The van der Waals surface area contributed by atoms with Gasteiger partial charge in [-0.15, -0.1) is 11.3 Å². The van der Waals surface area contributed by atoms with Crippen molar-refractivity contribution in [1.82, 2.24) is 4.90 Å². The van der Waals surface area contributed by atoms with E-state index < -0.39 is 5.60 Å². The largest absolute Gasteiger partial charge is 0.385 e. The van der Waals surface area contributed by atoms with Crippen LogP contribution in [0.4, 0.5) is 0 Å². The fourth-order valence-corrected chi connectivity index (χ4v) is 2.03. The lowest BCUT2D eigenvalue weighted by Crippen LogP contribution is -2.20. The van der Waals surface area contributed by atoms with Crippen molar-refractivity contribution in [2.45, 2.75) is 19.4 Å². The molecule has 1 heterocycles. The molecule has 4 heteroatoms. The molecule has 0 unspecified atom stereocenters. The van der Waals surface area contributed by atoms with Crippen molar-refractivity contribution >= 4 is 17.2 Å². The summed E-state index contributed by atoms with van der Waals surface area (Å²) in [6, 6.07) is 3.54. The first kappa shape index (κ1) is 11.2. The van der Waals surface area contributed by atoms with Crippen molar-refractivity contribution in [2.75, 3.05) is 14.1 Å². The van der Waals surface area contributed by atoms with Gasteiger partial charge in [-0.25, -0.2) is 0 Å². The maximum Gasteiger partial charge on any atom is 0.263 e. The zero-order chi connectivity index (χ0) is 10.9. The van der Waals surface area contributed by atoms with Crippen LogP contribution in [0, 0.1) is 0 Å². The van der Waals surface area contributed by atoms with E-state index in [1.807, 2.05) is 0 Å². The molecule has 1 amide bonds. The minimum Gasteiger partial charge on any atom is -0.385 e. The summed E-state index contributed by atoms with van der Waals surface area (Å²) in [5.74, 6) is -0.0227. The molecular weight excluding hydrogens is 198 g/mol. The van der Waals surface area contributed by atoms with Crippen molar-refractivity contribution in [1.29, 1.82) is 0 Å². The van der Waals surface area contributed by atoms with Crippen LogP contribution in [0.2, 0.25) is 0 Å². The number of aliphatic hydroxyl groups is 1. The van der Waals surface area contributed by atoms with Crippen LogP contribution in [0.25, 0.3) is 0 Å². The zero-order valence-electron chi connectivity index (χ0n) is 8.87. The van der Waals surface area contributed by atoms with E-state index in [0.29, 0.717) is 4.88 Å². The average Bonchev–Trinajstić information content (AvgIpc) is 2.49. The highest BCUT2D eigenvalue weighted by Crippen LogP contribution is 2.27. The molecule has 78 valence electrons. The number of carbonyl (C=O) groups is 1. The van der Waals surface area contributed by atoms with Crippen molar-refractivity contribution in [3.8, 4) is 0 Å². The third kappa shape index (κ3) is 2.33. The Balaban J connectivity index is 2.95. The first-order valence-electron chi connectivity index (χ1n) is 4.36. The molecule has 1 aromatic rings. The Bertz CT molecular complexity index is 336. The van der Waals surface area contributed by atoms with E-state index in [9.17, 15) is 9.90 Å². The van der Waals surface area contributed by atoms with Crippen LogP contribution < -0.4 is 0 Å². The molecule has 0 aliphatic heterocycles. The van der Waals surface area contributed by atoms with Gasteiger partial charge in [-0.3, -0.25) is 4.79 Å². The normalized spacial score (nSPS) is 11.5. The fourth-order valence-electron chi connectivity index (χ4n) is 1.00. The van der Waals surface area contributed by atoms with Gasteiger partial charge in [-0.1, -0.05) is 0 Å². The van der Waals surface area contributed by atoms with Crippen LogP contribution in [-0.4, -0.2) is 30.0 Å². The van der Waals surface area contributed by atoms with E-state index in [2.05, 4.69) is 0 Å². The average molecular weight is 213 g/mol. The maximum absolute atomic E-state index is 11.5. The van der Waals surface area contributed by atoms with E-state index in [-0.39, 0.29) is 5.91 Å². The molecule has 0 saturated carbocycles. The van der Waals surface area contributed by atoms with Crippen LogP contribution in [0.3, 0.4) is 0 Å². The number of rotatable bonds is 2. The van der Waals surface area contributed by atoms with Gasteiger partial charge in [0.05, 0.1) is 10.5 Å². The number of hydrogen-bond donors (Lipinski definition) is 1. The van der Waals surface area contributed by atoms with Gasteiger partial charge in [0.1, 0.15) is 0 Å². The van der Waals surface area contributed by atoms with Gasteiger partial charge in [0.25, 0.3) is 5.91 Å². The lowest BCUT2D eigenvalue weighted by molar-refractivity contribution is 0.0825. The molecule has 1 N–H and O–H groups in total. The Morgan fingerprint density at radius 3 is 2.36 bits per heavy atom. The number of carbonyl (C=O) groups excluding carboxylic acids is 1. The van der Waals surface area contributed by atoms with E-state index in [1.165, 1.54) is 16.2 Å². The Labute approximate surface area is 88.0 Å². The molecule has 0 aliphatic rings. The summed E-state index contributed by atoms with van der Waals surface area (Å²) >= 11 is 1.34. The molecular formula is C10H15NO2S. The van der Waals surface area contributed by atoms with Crippen molar-refractivity contribution in [2.24, 2.45) is 0 Å². The molecule has 0 spiro atoms. The van der Waals surface area contributed by atoms with Gasteiger partial charge in [0.2, 0.25) is 0 Å². The molecule has 0 aromatic carbocycles. The lowest BCUT2D eigenvalue weighted by atomic mass is 10.1. The van der Waals surface area contributed by atoms with E-state index in [0.717, 1.165) is 4.88 Å². The Morgan fingerprint density at radius 1 is 1.43 bits per heavy atom. The first-order chi connectivity index (χ1) is 6.32. The second-order valence-corrected chi connectivity index (χ2v) is 5.01. The molecule has 0 saturated heterocycles. The number of amides is 1. The summed E-state index contributed by atoms with van der Waals surface area (Å²) < 4.78 is 0. The Kier molecular flexibility index (Phi) is 2.97. The SMILES string of the molecule is CN(C)C(=O)c1ccc(C(C)(C)O)s1. The zero-order valence-corrected chi connectivity index (χ0v) is 9.68. The molecule has 1 rings (SSSR count). The number of hydrogen-bond acceptors (Lipinski definition) is 3. The monoisotopic (exact) mass is 213 g/mol. The second kappa shape index (κ2) is 3.71. The van der Waals surface area contributed by atoms with E-state index in [4.69, 9.17) is 0 Å². The standard InChI is InChI=1S/C10H15NO2S/c1-10(2,13)8-6-5-7(14-8)9(12)11(3)4/h5-6,13H,1-4H3. The topological polar surface area (TPSA) is 40.5 Å². The highest BCUT2D eigenvalue weighted by Gasteiger charge is 2.20. The molecule has 0 atom stereocenters. The summed E-state index contributed by atoms with van der Waals surface area (Å²) in [6.45, 7) is 3.42. The molecule has 3 nitrogen and oxygen atoms in total. The highest BCUT2D eigenvalue weighted by molar-refractivity contribution is 7.14. The predicted molar refractivity (Wildman–Crippen MR) is 57.6 cm³/mol. The lowest BCUT2D eigenvalue weighted by Gasteiger charge is -2.14. The van der Waals surface area contributed by atoms with Gasteiger partial charge < -0.3 is 10.0 Å². The molecule has 0 radical (unpaired) electrons. The van der Waals surface area contributed by atoms with Crippen LogP contribution in [-0.2, 0) is 5.60 Å². The van der Waals surface area contributed by atoms with Crippen molar-refractivity contribution in [3.05, 3.63) is 21.9 Å². The molecule has 0 fully saturated rings. The Hall–Kier alpha value is -0.870. The summed E-state index contributed by atoms with van der Waals surface area (Å²) in [5, 5.41) is 9.71. The molecule has 14 heavy (non-hydrogen) atoms. The summed E-state index contributed by atoms with van der Waals surface area (Å²) in [6.07, 6.45) is 0. The summed E-state index contributed by atoms with van der Waals surface area (Å²) in [7, 11) is 3.43. The number of thiophene rings is 1. The third-order valence-electron chi connectivity index (χ3n) is 1.83. The van der Waals surface area contributed by atoms with Gasteiger partial charge in [0.15, 0.2) is 0 Å². The Morgan fingerprint density at radius 2 is 2.00 bits per heavy atom. The minimum atomic E-state index is -0.866. The molecule has 0 bridgehead atoms. The van der Waals surface area contributed by atoms with Crippen LogP contribution in [0.5, 0.6) is 0 Å². The van der Waals surface area contributed by atoms with Crippen molar-refractivity contribution < 1.29 is 9.90 Å². The quantitative estimate of drug-likeness (QED) is 0.812. The van der Waals surface area contributed by atoms with Gasteiger partial charge in [0, 0.05) is 19.0 Å². The maximum atomic E-state index is 11.5. The number of nitrogens with zero attached hydrogens (tertiary/aromatic N) is 1. The third-order valence-corrected chi connectivity index (χ3v) is 3.21. The van der Waals surface area contributed by atoms with Gasteiger partial charge in [-0.2, -0.15) is 0 Å². The van der Waals surface area contributed by atoms with E-state index in [1.54, 1.807) is 40.1 Å². The van der Waals surface area contributed by atoms with Gasteiger partial charge in [-0.05, 0) is 26.0 Å². The van der Waals surface area contributed by atoms with E-state index >= 15 is 0 Å². The summed E-state index contributed by atoms with van der Waals surface area (Å²) in [5.41, 5.74) is -0.866. The summed E-state index contributed by atoms with van der Waals surface area (Å²) in [4.78, 5) is 14.5. The second-order valence-electron chi connectivity index (χ2n) is 3.92.